The maximum Gasteiger partial charge on any atom is 0.242 e. The Bertz CT molecular complexity index is 638. The van der Waals surface area contributed by atoms with Gasteiger partial charge < -0.3 is 5.73 Å². The zero-order valence-corrected chi connectivity index (χ0v) is 9.45. The lowest BCUT2D eigenvalue weighted by Gasteiger charge is -2.07. The molecule has 0 amide bonds. The largest absolute Gasteiger partial charge is 0.398 e. The molecule has 1 aromatic heterocycles. The van der Waals surface area contributed by atoms with Gasteiger partial charge in [0.15, 0.2) is 0 Å². The average Bonchev–Trinajstić information content (AvgIpc) is 2.29. The highest BCUT2D eigenvalue weighted by molar-refractivity contribution is 7.89. The first kappa shape index (κ1) is 10.8. The summed E-state index contributed by atoms with van der Waals surface area (Å²) in [4.78, 5) is 4.20. The van der Waals surface area contributed by atoms with Crippen LogP contribution >= 0.6 is 0 Å². The molecule has 0 aliphatic carbocycles. The number of hydrogen-bond donors (Lipinski definition) is 2. The molecule has 0 aliphatic heterocycles. The summed E-state index contributed by atoms with van der Waals surface area (Å²) in [5.74, 6) is 0. The Morgan fingerprint density at radius 2 is 2.06 bits per heavy atom. The highest BCUT2D eigenvalue weighted by Crippen LogP contribution is 2.25. The molecule has 0 saturated carbocycles. The summed E-state index contributed by atoms with van der Waals surface area (Å²) in [7, 11) is -2.15. The van der Waals surface area contributed by atoms with Crippen LogP contribution in [0.5, 0.6) is 0 Å². The average molecular weight is 237 g/mol. The highest BCUT2D eigenvalue weighted by atomic mass is 32.2. The van der Waals surface area contributed by atoms with Crippen molar-refractivity contribution in [1.29, 1.82) is 0 Å². The molecule has 0 bridgehead atoms. The summed E-state index contributed by atoms with van der Waals surface area (Å²) in [6.45, 7) is 0. The van der Waals surface area contributed by atoms with Gasteiger partial charge >= 0.3 is 0 Å². The number of nitrogen functional groups attached to an aromatic ring is 1. The number of nitrogens with two attached hydrogens (primary N) is 1. The van der Waals surface area contributed by atoms with Gasteiger partial charge in [0.2, 0.25) is 10.0 Å². The topological polar surface area (TPSA) is 85.1 Å². The number of sulfonamides is 1. The first-order chi connectivity index (χ1) is 7.56. The molecule has 0 saturated heterocycles. The van der Waals surface area contributed by atoms with Crippen molar-refractivity contribution < 1.29 is 8.42 Å². The van der Waals surface area contributed by atoms with Gasteiger partial charge in [0, 0.05) is 17.3 Å². The second-order valence-corrected chi connectivity index (χ2v) is 5.12. The summed E-state index contributed by atoms with van der Waals surface area (Å²) < 4.78 is 25.7. The van der Waals surface area contributed by atoms with Crippen molar-refractivity contribution in [3.63, 3.8) is 0 Å². The summed E-state index contributed by atoms with van der Waals surface area (Å²) in [5.41, 5.74) is 6.65. The lowest BCUT2D eigenvalue weighted by Crippen LogP contribution is -2.19. The molecule has 0 radical (unpaired) electrons. The molecule has 1 aromatic carbocycles. The predicted molar refractivity (Wildman–Crippen MR) is 62.4 cm³/mol. The molecular weight excluding hydrogens is 226 g/mol. The van der Waals surface area contributed by atoms with Crippen LogP contribution < -0.4 is 10.5 Å². The van der Waals surface area contributed by atoms with Crippen molar-refractivity contribution in [2.45, 2.75) is 4.90 Å². The van der Waals surface area contributed by atoms with Crippen LogP contribution in [-0.2, 0) is 10.0 Å². The zero-order chi connectivity index (χ0) is 11.8. The molecule has 0 unspecified atom stereocenters. The van der Waals surface area contributed by atoms with E-state index in [1.54, 1.807) is 18.2 Å². The van der Waals surface area contributed by atoms with Crippen LogP contribution in [0.2, 0.25) is 0 Å². The van der Waals surface area contributed by atoms with Gasteiger partial charge in [0.1, 0.15) is 4.90 Å². The van der Waals surface area contributed by atoms with Gasteiger partial charge in [-0.3, -0.25) is 4.98 Å². The summed E-state index contributed by atoms with van der Waals surface area (Å²) in [5, 5.41) is 0.638. The molecule has 6 heteroatoms. The highest BCUT2D eigenvalue weighted by Gasteiger charge is 2.16. The molecule has 2 aromatic rings. The van der Waals surface area contributed by atoms with Crippen LogP contribution in [0.4, 0.5) is 5.69 Å². The fourth-order valence-corrected chi connectivity index (χ4v) is 2.38. The quantitative estimate of drug-likeness (QED) is 0.754. The van der Waals surface area contributed by atoms with Crippen LogP contribution in [0, 0.1) is 0 Å². The van der Waals surface area contributed by atoms with Crippen molar-refractivity contribution in [2.24, 2.45) is 0 Å². The van der Waals surface area contributed by atoms with E-state index >= 15 is 0 Å². The Morgan fingerprint density at radius 3 is 2.75 bits per heavy atom. The van der Waals surface area contributed by atoms with Gasteiger partial charge in [-0.25, -0.2) is 13.1 Å². The van der Waals surface area contributed by atoms with Crippen LogP contribution in [-0.4, -0.2) is 20.4 Å². The fraction of sp³-hybridized carbons (Fsp3) is 0.100. The van der Waals surface area contributed by atoms with Gasteiger partial charge in [0.25, 0.3) is 0 Å². The zero-order valence-electron chi connectivity index (χ0n) is 8.64. The number of anilines is 1. The molecule has 0 atom stereocenters. The summed E-state index contributed by atoms with van der Waals surface area (Å²) in [6.07, 6.45) is 1.54. The number of hydrogen-bond acceptors (Lipinski definition) is 4. The van der Waals surface area contributed by atoms with Crippen LogP contribution in [0.25, 0.3) is 10.9 Å². The van der Waals surface area contributed by atoms with E-state index in [9.17, 15) is 8.42 Å². The number of rotatable bonds is 2. The van der Waals surface area contributed by atoms with E-state index in [-0.39, 0.29) is 4.90 Å². The minimum atomic E-state index is -3.51. The van der Waals surface area contributed by atoms with E-state index < -0.39 is 10.0 Å². The minimum Gasteiger partial charge on any atom is -0.398 e. The standard InChI is InChI=1S/C10H11N3O2S/c1-12-16(14,15)9-5-4-8(11)7-3-2-6-13-10(7)9/h2-6,12H,11H2,1H3. The molecule has 16 heavy (non-hydrogen) atoms. The Labute approximate surface area is 93.3 Å². The van der Waals surface area contributed by atoms with E-state index in [0.29, 0.717) is 16.6 Å². The van der Waals surface area contributed by atoms with Crippen LogP contribution in [0.3, 0.4) is 0 Å². The molecule has 5 nitrogen and oxygen atoms in total. The van der Waals surface area contributed by atoms with E-state index in [4.69, 9.17) is 5.73 Å². The number of pyridine rings is 1. The third kappa shape index (κ3) is 1.62. The maximum absolute atomic E-state index is 11.7. The van der Waals surface area contributed by atoms with Crippen molar-refractivity contribution >= 4 is 26.6 Å². The van der Waals surface area contributed by atoms with Crippen molar-refractivity contribution in [1.82, 2.24) is 9.71 Å². The van der Waals surface area contributed by atoms with E-state index in [2.05, 4.69) is 9.71 Å². The summed E-state index contributed by atoms with van der Waals surface area (Å²) in [6, 6.07) is 6.48. The molecule has 0 fully saturated rings. The molecule has 0 spiro atoms. The van der Waals surface area contributed by atoms with Gasteiger partial charge in [-0.1, -0.05) is 0 Å². The molecule has 2 rings (SSSR count). The lowest BCUT2D eigenvalue weighted by atomic mass is 10.2. The monoisotopic (exact) mass is 237 g/mol. The number of aromatic nitrogens is 1. The molecular formula is C10H11N3O2S. The Hall–Kier alpha value is -1.66. The molecule has 3 N–H and O–H groups in total. The van der Waals surface area contributed by atoms with Crippen molar-refractivity contribution in [3.8, 4) is 0 Å². The van der Waals surface area contributed by atoms with Gasteiger partial charge in [0.05, 0.1) is 5.52 Å². The first-order valence-electron chi connectivity index (χ1n) is 4.63. The second kappa shape index (κ2) is 3.73. The fourth-order valence-electron chi connectivity index (χ4n) is 1.50. The maximum atomic E-state index is 11.7. The normalized spacial score (nSPS) is 11.8. The Morgan fingerprint density at radius 1 is 1.31 bits per heavy atom. The van der Waals surface area contributed by atoms with Crippen LogP contribution in [0.15, 0.2) is 35.4 Å². The third-order valence-corrected chi connectivity index (χ3v) is 3.77. The molecule has 84 valence electrons. The second-order valence-electron chi connectivity index (χ2n) is 3.26. The first-order valence-corrected chi connectivity index (χ1v) is 6.11. The SMILES string of the molecule is CNS(=O)(=O)c1ccc(N)c2cccnc12. The van der Waals surface area contributed by atoms with Gasteiger partial charge in [-0.2, -0.15) is 0 Å². The van der Waals surface area contributed by atoms with E-state index in [1.807, 2.05) is 0 Å². The van der Waals surface area contributed by atoms with E-state index in [0.717, 1.165) is 0 Å². The number of nitrogens with zero attached hydrogens (tertiary/aromatic N) is 1. The van der Waals surface area contributed by atoms with Crippen molar-refractivity contribution in [3.05, 3.63) is 30.5 Å². The Balaban J connectivity index is 2.88. The van der Waals surface area contributed by atoms with Gasteiger partial charge in [-0.15, -0.1) is 0 Å². The smallest absolute Gasteiger partial charge is 0.242 e. The van der Waals surface area contributed by atoms with Gasteiger partial charge in [-0.05, 0) is 31.3 Å². The number of benzene rings is 1. The Kier molecular flexibility index (Phi) is 2.53. The molecule has 0 aliphatic rings. The minimum absolute atomic E-state index is 0.139. The number of nitrogens with one attached hydrogen (secondary N) is 1. The number of fused-ring (bicyclic) bond motifs is 1. The van der Waals surface area contributed by atoms with Crippen LogP contribution in [0.1, 0.15) is 0 Å². The molecule has 1 heterocycles. The van der Waals surface area contributed by atoms with E-state index in [1.165, 1.54) is 19.3 Å². The van der Waals surface area contributed by atoms with Crippen molar-refractivity contribution in [2.75, 3.05) is 12.8 Å². The third-order valence-electron chi connectivity index (χ3n) is 2.32. The predicted octanol–water partition coefficient (Wildman–Crippen LogP) is 0.725. The lowest BCUT2D eigenvalue weighted by molar-refractivity contribution is 0.589. The summed E-state index contributed by atoms with van der Waals surface area (Å²) >= 11 is 0.